The molecule has 4 aromatic rings. The van der Waals surface area contributed by atoms with Gasteiger partial charge in [0.2, 0.25) is 11.1 Å². The van der Waals surface area contributed by atoms with E-state index in [9.17, 15) is 9.18 Å². The number of fused-ring (bicyclic) bond motifs is 1. The van der Waals surface area contributed by atoms with Gasteiger partial charge in [-0.15, -0.1) is 5.10 Å². The Bertz CT molecular complexity index is 1560. The fraction of sp³-hybridized carbons (Fsp3) is 0.258. The number of allylic oxidation sites excluding steroid dienone is 1. The summed E-state index contributed by atoms with van der Waals surface area (Å²) in [5, 5.41) is 8.42. The van der Waals surface area contributed by atoms with Crippen molar-refractivity contribution >= 4 is 39.6 Å². The second-order valence-corrected chi connectivity index (χ2v) is 11.4. The van der Waals surface area contributed by atoms with Crippen molar-refractivity contribution in [2.24, 2.45) is 0 Å². The zero-order valence-electron chi connectivity index (χ0n) is 22.8. The Hall–Kier alpha value is -3.63. The average Bonchev–Trinajstić information content (AvgIpc) is 3.37. The fourth-order valence-corrected chi connectivity index (χ4v) is 5.71. The van der Waals surface area contributed by atoms with E-state index < -0.39 is 12.0 Å². The molecule has 0 radical (unpaired) electrons. The zero-order chi connectivity index (χ0) is 28.8. The Balaban J connectivity index is 1.41. The predicted octanol–water partition coefficient (Wildman–Crippen LogP) is 7.68. The molecule has 0 fully saturated rings. The Kier molecular flexibility index (Phi) is 9.41. The van der Waals surface area contributed by atoms with Crippen LogP contribution in [0.1, 0.15) is 49.4 Å². The summed E-state index contributed by atoms with van der Waals surface area (Å²) in [6.45, 7) is 4.65. The summed E-state index contributed by atoms with van der Waals surface area (Å²) in [6, 6.07) is 21.7. The van der Waals surface area contributed by atoms with Crippen LogP contribution in [0.2, 0.25) is 0 Å². The number of ether oxygens (including phenoxy) is 2. The molecule has 0 spiro atoms. The number of unbranched alkanes of at least 4 members (excludes halogenated alkanes) is 1. The Labute approximate surface area is 251 Å². The van der Waals surface area contributed by atoms with Crippen LogP contribution in [0.25, 0.3) is 0 Å². The number of rotatable bonds is 11. The lowest BCUT2D eigenvalue weighted by atomic mass is 9.96. The molecule has 41 heavy (non-hydrogen) atoms. The SMILES string of the molecule is CCCCOC(=O)C1=C(C)Nc2nc(SCc3ccccc3F)nn2C1c1ccc(OCc2cccc(Br)c2)cc1. The summed E-state index contributed by atoms with van der Waals surface area (Å²) in [5.41, 5.74) is 3.57. The smallest absolute Gasteiger partial charge is 0.338 e. The van der Waals surface area contributed by atoms with Gasteiger partial charge in [-0.05, 0) is 60.4 Å². The van der Waals surface area contributed by atoms with Crippen LogP contribution >= 0.6 is 27.7 Å². The molecule has 0 saturated heterocycles. The predicted molar refractivity (Wildman–Crippen MR) is 161 cm³/mol. The van der Waals surface area contributed by atoms with Gasteiger partial charge in [-0.25, -0.2) is 13.9 Å². The van der Waals surface area contributed by atoms with Gasteiger partial charge in [0.15, 0.2) is 0 Å². The molecule has 0 aliphatic carbocycles. The van der Waals surface area contributed by atoms with Crippen molar-refractivity contribution in [3.8, 4) is 5.75 Å². The third-order valence-electron chi connectivity index (χ3n) is 6.59. The summed E-state index contributed by atoms with van der Waals surface area (Å²) in [4.78, 5) is 18.0. The van der Waals surface area contributed by atoms with Crippen LogP contribution in [0.4, 0.5) is 10.3 Å². The minimum absolute atomic E-state index is 0.267. The van der Waals surface area contributed by atoms with Crippen LogP contribution in [0.5, 0.6) is 5.75 Å². The number of benzene rings is 3. The number of esters is 1. The molecule has 0 amide bonds. The minimum Gasteiger partial charge on any atom is -0.489 e. The number of anilines is 1. The molecule has 1 aliphatic rings. The van der Waals surface area contributed by atoms with Crippen molar-refractivity contribution in [1.29, 1.82) is 0 Å². The number of carbonyl (C=O) groups is 1. The van der Waals surface area contributed by atoms with Crippen molar-refractivity contribution in [1.82, 2.24) is 14.8 Å². The highest BCUT2D eigenvalue weighted by Gasteiger charge is 2.35. The van der Waals surface area contributed by atoms with Gasteiger partial charge >= 0.3 is 5.97 Å². The summed E-state index contributed by atoms with van der Waals surface area (Å²) in [7, 11) is 0. The standard InChI is InChI=1S/C31H30BrFN4O3S/c1-3-4-16-39-29(38)27-20(2)34-30-35-31(41-19-23-9-5-6-11-26(23)33)36-37(30)28(27)22-12-14-25(15-13-22)40-18-21-8-7-10-24(32)17-21/h5-15,17,28H,3-4,16,18-19H2,1-2H3,(H,34,35,36). The number of carbonyl (C=O) groups excluding carboxylic acids is 1. The Morgan fingerprint density at radius 1 is 1.12 bits per heavy atom. The fourth-order valence-electron chi connectivity index (χ4n) is 4.45. The molecule has 1 aromatic heterocycles. The highest BCUT2D eigenvalue weighted by Crippen LogP contribution is 2.37. The van der Waals surface area contributed by atoms with E-state index >= 15 is 0 Å². The van der Waals surface area contributed by atoms with Crippen LogP contribution < -0.4 is 10.1 Å². The number of aromatic nitrogens is 3. The lowest BCUT2D eigenvalue weighted by Gasteiger charge is -2.28. The minimum atomic E-state index is -0.560. The van der Waals surface area contributed by atoms with Crippen molar-refractivity contribution in [3.05, 3.63) is 111 Å². The largest absolute Gasteiger partial charge is 0.489 e. The number of nitrogens with zero attached hydrogens (tertiary/aromatic N) is 3. The molecule has 0 saturated carbocycles. The molecular weight excluding hydrogens is 607 g/mol. The molecule has 7 nitrogen and oxygen atoms in total. The van der Waals surface area contributed by atoms with Crippen molar-refractivity contribution in [2.75, 3.05) is 11.9 Å². The normalized spacial score (nSPS) is 14.4. The maximum absolute atomic E-state index is 14.2. The lowest BCUT2D eigenvalue weighted by Crippen LogP contribution is -2.29. The van der Waals surface area contributed by atoms with E-state index in [1.165, 1.54) is 17.8 Å². The van der Waals surface area contributed by atoms with E-state index in [1.807, 2.05) is 62.4 Å². The number of halogens is 2. The average molecular weight is 638 g/mol. The van der Waals surface area contributed by atoms with Crippen molar-refractivity contribution < 1.29 is 18.7 Å². The van der Waals surface area contributed by atoms with Crippen LogP contribution in [-0.2, 0) is 21.9 Å². The van der Waals surface area contributed by atoms with Crippen LogP contribution in [0.15, 0.2) is 93.7 Å². The van der Waals surface area contributed by atoms with E-state index in [0.717, 1.165) is 28.4 Å². The molecule has 212 valence electrons. The van der Waals surface area contributed by atoms with Gasteiger partial charge in [0.05, 0.1) is 12.2 Å². The van der Waals surface area contributed by atoms with Gasteiger partial charge < -0.3 is 14.8 Å². The molecule has 1 N–H and O–H groups in total. The second kappa shape index (κ2) is 13.4. The van der Waals surface area contributed by atoms with E-state index in [-0.39, 0.29) is 5.82 Å². The van der Waals surface area contributed by atoms with Gasteiger partial charge in [-0.1, -0.05) is 83.5 Å². The lowest BCUT2D eigenvalue weighted by molar-refractivity contribution is -0.139. The first-order valence-electron chi connectivity index (χ1n) is 13.4. The van der Waals surface area contributed by atoms with Crippen molar-refractivity contribution in [2.45, 2.75) is 50.2 Å². The van der Waals surface area contributed by atoms with Gasteiger partial charge in [-0.2, -0.15) is 4.98 Å². The van der Waals surface area contributed by atoms with Crippen molar-refractivity contribution in [3.63, 3.8) is 0 Å². The van der Waals surface area contributed by atoms with E-state index in [2.05, 4.69) is 26.2 Å². The number of nitrogens with one attached hydrogen (secondary N) is 1. The Morgan fingerprint density at radius 3 is 2.68 bits per heavy atom. The monoisotopic (exact) mass is 636 g/mol. The Morgan fingerprint density at radius 2 is 1.93 bits per heavy atom. The quantitative estimate of drug-likeness (QED) is 0.103. The van der Waals surface area contributed by atoms with E-state index in [1.54, 1.807) is 22.9 Å². The first kappa shape index (κ1) is 28.9. The third kappa shape index (κ3) is 7.00. The second-order valence-electron chi connectivity index (χ2n) is 9.59. The molecule has 0 bridgehead atoms. The van der Waals surface area contributed by atoms with E-state index in [0.29, 0.717) is 52.7 Å². The number of thioether (sulfide) groups is 1. The molecule has 3 aromatic carbocycles. The number of hydrogen-bond acceptors (Lipinski definition) is 7. The highest BCUT2D eigenvalue weighted by molar-refractivity contribution is 9.10. The molecule has 2 heterocycles. The molecule has 10 heteroatoms. The summed E-state index contributed by atoms with van der Waals surface area (Å²) >= 11 is 4.82. The zero-order valence-corrected chi connectivity index (χ0v) is 25.2. The summed E-state index contributed by atoms with van der Waals surface area (Å²) in [5.74, 6) is 0.921. The first-order chi connectivity index (χ1) is 19.9. The van der Waals surface area contributed by atoms with Gasteiger partial charge in [0, 0.05) is 15.9 Å². The summed E-state index contributed by atoms with van der Waals surface area (Å²) < 4.78 is 28.5. The summed E-state index contributed by atoms with van der Waals surface area (Å²) in [6.07, 6.45) is 1.70. The number of hydrogen-bond donors (Lipinski definition) is 1. The molecular formula is C31H30BrFN4O3S. The maximum atomic E-state index is 14.2. The molecule has 1 aliphatic heterocycles. The first-order valence-corrected chi connectivity index (χ1v) is 15.2. The molecule has 5 rings (SSSR count). The van der Waals surface area contributed by atoms with Crippen LogP contribution in [-0.4, -0.2) is 27.3 Å². The van der Waals surface area contributed by atoms with E-state index in [4.69, 9.17) is 14.6 Å². The van der Waals surface area contributed by atoms with Crippen LogP contribution in [0.3, 0.4) is 0 Å². The molecule has 1 unspecified atom stereocenters. The molecule has 1 atom stereocenters. The third-order valence-corrected chi connectivity index (χ3v) is 7.97. The van der Waals surface area contributed by atoms with Gasteiger partial charge in [-0.3, -0.25) is 0 Å². The van der Waals surface area contributed by atoms with Gasteiger partial charge in [0.25, 0.3) is 0 Å². The topological polar surface area (TPSA) is 78.3 Å². The highest BCUT2D eigenvalue weighted by atomic mass is 79.9. The maximum Gasteiger partial charge on any atom is 0.338 e. The van der Waals surface area contributed by atoms with Crippen LogP contribution in [0, 0.1) is 5.82 Å². The van der Waals surface area contributed by atoms with Gasteiger partial charge in [0.1, 0.15) is 24.2 Å².